The summed E-state index contributed by atoms with van der Waals surface area (Å²) in [6, 6.07) is 13.1. The molecule has 1 N–H and O–H groups in total. The van der Waals surface area contributed by atoms with Crippen LogP contribution < -0.4 is 5.32 Å². The number of aryl methyl sites for hydroxylation is 1. The van der Waals surface area contributed by atoms with Crippen LogP contribution in [0.5, 0.6) is 0 Å². The van der Waals surface area contributed by atoms with Crippen LogP contribution in [0.15, 0.2) is 42.6 Å². The van der Waals surface area contributed by atoms with E-state index in [4.69, 9.17) is 10.00 Å². The van der Waals surface area contributed by atoms with Crippen LogP contribution in [0, 0.1) is 18.3 Å². The van der Waals surface area contributed by atoms with Gasteiger partial charge in [0.25, 0.3) is 0 Å². The Hall–Kier alpha value is -2.87. The second kappa shape index (κ2) is 6.34. The number of amides is 1. The molecular formula is C15H13N3O2. The molecule has 0 radical (unpaired) electrons. The van der Waals surface area contributed by atoms with Crippen molar-refractivity contribution in [3.63, 3.8) is 0 Å². The van der Waals surface area contributed by atoms with E-state index in [1.165, 1.54) is 6.20 Å². The maximum absolute atomic E-state index is 11.7. The first-order valence-electron chi connectivity index (χ1n) is 6.04. The van der Waals surface area contributed by atoms with Crippen LogP contribution in [0.2, 0.25) is 0 Å². The molecule has 0 spiro atoms. The van der Waals surface area contributed by atoms with Gasteiger partial charge in [-0.15, -0.1) is 0 Å². The first kappa shape index (κ1) is 13.6. The molecule has 0 atom stereocenters. The van der Waals surface area contributed by atoms with Crippen molar-refractivity contribution >= 4 is 11.9 Å². The Bertz CT molecular complexity index is 648. The lowest BCUT2D eigenvalue weighted by Crippen LogP contribution is -2.15. The van der Waals surface area contributed by atoms with Crippen molar-refractivity contribution < 1.29 is 9.53 Å². The van der Waals surface area contributed by atoms with Gasteiger partial charge >= 0.3 is 6.09 Å². The quantitative estimate of drug-likeness (QED) is 0.927. The average molecular weight is 267 g/mol. The van der Waals surface area contributed by atoms with E-state index in [0.717, 1.165) is 11.1 Å². The number of hydrogen-bond acceptors (Lipinski definition) is 4. The number of nitriles is 1. The average Bonchev–Trinajstić information content (AvgIpc) is 2.46. The Kier molecular flexibility index (Phi) is 4.30. The van der Waals surface area contributed by atoms with Crippen molar-refractivity contribution in [3.05, 3.63) is 59.3 Å². The highest BCUT2D eigenvalue weighted by Gasteiger charge is 2.10. The number of carbonyl (C=O) groups is 1. The summed E-state index contributed by atoms with van der Waals surface area (Å²) in [5.41, 5.74) is 1.98. The van der Waals surface area contributed by atoms with Crippen molar-refractivity contribution in [2.75, 3.05) is 5.32 Å². The molecular weight excluding hydrogens is 254 g/mol. The van der Waals surface area contributed by atoms with Crippen LogP contribution in [-0.2, 0) is 11.3 Å². The van der Waals surface area contributed by atoms with Gasteiger partial charge in [0.15, 0.2) is 5.82 Å². The highest BCUT2D eigenvalue weighted by molar-refractivity contribution is 5.85. The Morgan fingerprint density at radius 1 is 1.35 bits per heavy atom. The van der Waals surface area contributed by atoms with Crippen LogP contribution in [0.1, 0.15) is 16.7 Å². The van der Waals surface area contributed by atoms with Crippen molar-refractivity contribution in [2.45, 2.75) is 13.5 Å². The predicted molar refractivity (Wildman–Crippen MR) is 73.9 cm³/mol. The molecule has 0 aliphatic carbocycles. The molecule has 1 amide bonds. The summed E-state index contributed by atoms with van der Waals surface area (Å²) in [7, 11) is 0. The number of anilines is 1. The Labute approximate surface area is 116 Å². The number of aromatic nitrogens is 1. The second-order valence-electron chi connectivity index (χ2n) is 4.15. The van der Waals surface area contributed by atoms with E-state index in [0.29, 0.717) is 5.56 Å². The maximum Gasteiger partial charge on any atom is 0.413 e. The lowest BCUT2D eigenvalue weighted by atomic mass is 10.1. The zero-order chi connectivity index (χ0) is 14.4. The van der Waals surface area contributed by atoms with Gasteiger partial charge in [-0.1, -0.05) is 30.3 Å². The van der Waals surface area contributed by atoms with E-state index in [-0.39, 0.29) is 12.4 Å². The van der Waals surface area contributed by atoms with Gasteiger partial charge in [-0.2, -0.15) is 5.26 Å². The summed E-state index contributed by atoms with van der Waals surface area (Å²) in [4.78, 5) is 15.7. The van der Waals surface area contributed by atoms with Crippen molar-refractivity contribution in [2.24, 2.45) is 0 Å². The minimum atomic E-state index is -0.636. The molecule has 1 aromatic heterocycles. The van der Waals surface area contributed by atoms with Gasteiger partial charge in [-0.3, -0.25) is 5.32 Å². The summed E-state index contributed by atoms with van der Waals surface area (Å²) in [5.74, 6) is 0.213. The molecule has 1 aromatic carbocycles. The van der Waals surface area contributed by atoms with Crippen molar-refractivity contribution in [1.82, 2.24) is 4.98 Å². The van der Waals surface area contributed by atoms with Gasteiger partial charge in [0.05, 0.1) is 5.56 Å². The third-order valence-corrected chi connectivity index (χ3v) is 2.70. The van der Waals surface area contributed by atoms with Crippen LogP contribution in [0.4, 0.5) is 10.6 Å². The maximum atomic E-state index is 11.7. The normalized spacial score (nSPS) is 9.60. The molecule has 0 aliphatic heterocycles. The SMILES string of the molecule is Cc1ccnc(NC(=O)OCc2ccccc2)c1C#N. The lowest BCUT2D eigenvalue weighted by molar-refractivity contribution is 0.155. The molecule has 0 unspecified atom stereocenters. The highest BCUT2D eigenvalue weighted by Crippen LogP contribution is 2.15. The molecule has 0 fully saturated rings. The van der Waals surface area contributed by atoms with Gasteiger partial charge in [0.1, 0.15) is 12.7 Å². The smallest absolute Gasteiger partial charge is 0.413 e. The largest absolute Gasteiger partial charge is 0.444 e. The minimum absolute atomic E-state index is 0.167. The summed E-state index contributed by atoms with van der Waals surface area (Å²) >= 11 is 0. The summed E-state index contributed by atoms with van der Waals surface area (Å²) in [6.07, 6.45) is 0.895. The number of nitrogens with zero attached hydrogens (tertiary/aromatic N) is 2. The van der Waals surface area contributed by atoms with E-state index in [1.54, 1.807) is 13.0 Å². The van der Waals surface area contributed by atoms with E-state index >= 15 is 0 Å². The molecule has 2 aromatic rings. The third kappa shape index (κ3) is 3.33. The fourth-order valence-electron chi connectivity index (χ4n) is 1.65. The monoisotopic (exact) mass is 267 g/mol. The molecule has 5 heteroatoms. The fraction of sp³-hybridized carbons (Fsp3) is 0.133. The van der Waals surface area contributed by atoms with Crippen LogP contribution in [0.3, 0.4) is 0 Å². The first-order chi connectivity index (χ1) is 9.70. The second-order valence-corrected chi connectivity index (χ2v) is 4.15. The number of hydrogen-bond donors (Lipinski definition) is 1. The topological polar surface area (TPSA) is 75.0 Å². The van der Waals surface area contributed by atoms with E-state index in [2.05, 4.69) is 10.3 Å². The van der Waals surface area contributed by atoms with Crippen molar-refractivity contribution in [1.29, 1.82) is 5.26 Å². The predicted octanol–water partition coefficient (Wildman–Crippen LogP) is 3.01. The van der Waals surface area contributed by atoms with Gasteiger partial charge in [0.2, 0.25) is 0 Å². The van der Waals surface area contributed by atoms with Crippen molar-refractivity contribution in [3.8, 4) is 6.07 Å². The molecule has 0 bridgehead atoms. The molecule has 0 saturated heterocycles. The Balaban J connectivity index is 1.99. The first-order valence-corrected chi connectivity index (χ1v) is 6.04. The van der Waals surface area contributed by atoms with Gasteiger partial charge in [-0.25, -0.2) is 9.78 Å². The minimum Gasteiger partial charge on any atom is -0.444 e. The number of ether oxygens (including phenoxy) is 1. The highest BCUT2D eigenvalue weighted by atomic mass is 16.5. The van der Waals surface area contributed by atoms with Crippen LogP contribution in [-0.4, -0.2) is 11.1 Å². The summed E-state index contributed by atoms with van der Waals surface area (Å²) in [5, 5.41) is 11.5. The van der Waals surface area contributed by atoms with Gasteiger partial charge < -0.3 is 4.74 Å². The molecule has 20 heavy (non-hydrogen) atoms. The number of pyridine rings is 1. The third-order valence-electron chi connectivity index (χ3n) is 2.70. The van der Waals surface area contributed by atoms with E-state index in [1.807, 2.05) is 36.4 Å². The van der Waals surface area contributed by atoms with Crippen LogP contribution >= 0.6 is 0 Å². The van der Waals surface area contributed by atoms with Gasteiger partial charge in [0, 0.05) is 6.20 Å². The number of nitrogens with one attached hydrogen (secondary N) is 1. The number of benzene rings is 1. The Morgan fingerprint density at radius 3 is 2.80 bits per heavy atom. The summed E-state index contributed by atoms with van der Waals surface area (Å²) in [6.45, 7) is 1.95. The molecule has 0 saturated carbocycles. The Morgan fingerprint density at radius 2 is 2.10 bits per heavy atom. The molecule has 0 aliphatic rings. The zero-order valence-electron chi connectivity index (χ0n) is 11.0. The fourth-order valence-corrected chi connectivity index (χ4v) is 1.65. The van der Waals surface area contributed by atoms with Crippen LogP contribution in [0.25, 0.3) is 0 Å². The lowest BCUT2D eigenvalue weighted by Gasteiger charge is -2.08. The molecule has 1 heterocycles. The molecule has 2 rings (SSSR count). The molecule has 5 nitrogen and oxygen atoms in total. The zero-order valence-corrected chi connectivity index (χ0v) is 11.0. The molecule has 100 valence electrons. The van der Waals surface area contributed by atoms with E-state index in [9.17, 15) is 4.79 Å². The number of carbonyl (C=O) groups excluding carboxylic acids is 1. The number of rotatable bonds is 3. The van der Waals surface area contributed by atoms with E-state index < -0.39 is 6.09 Å². The van der Waals surface area contributed by atoms with Gasteiger partial charge in [-0.05, 0) is 24.1 Å². The standard InChI is InChI=1S/C15H13N3O2/c1-11-7-8-17-14(13(11)9-16)18-15(19)20-10-12-5-3-2-4-6-12/h2-8H,10H2,1H3,(H,17,18,19). The summed E-state index contributed by atoms with van der Waals surface area (Å²) < 4.78 is 5.07.